The molecular formula is C28H32N4O4. The zero-order valence-electron chi connectivity index (χ0n) is 20.9. The maximum absolute atomic E-state index is 13.6. The van der Waals surface area contributed by atoms with E-state index in [0.717, 1.165) is 22.0 Å². The Bertz CT molecular complexity index is 1310. The van der Waals surface area contributed by atoms with Crippen LogP contribution in [0.25, 0.3) is 10.9 Å². The van der Waals surface area contributed by atoms with Crippen LogP contribution in [-0.2, 0) is 16.6 Å². The molecule has 36 heavy (non-hydrogen) atoms. The summed E-state index contributed by atoms with van der Waals surface area (Å²) in [4.78, 5) is 42.4. The maximum Gasteiger partial charge on any atom is 0.409 e. The van der Waals surface area contributed by atoms with Crippen LogP contribution in [0.5, 0.6) is 0 Å². The molecule has 3 amide bonds. The fourth-order valence-corrected chi connectivity index (χ4v) is 5.51. The Labute approximate surface area is 210 Å². The topological polar surface area (TPSA) is 83.9 Å². The van der Waals surface area contributed by atoms with E-state index in [2.05, 4.69) is 28.2 Å². The van der Waals surface area contributed by atoms with E-state index in [-0.39, 0.29) is 30.0 Å². The van der Waals surface area contributed by atoms with Gasteiger partial charge in [0.15, 0.2) is 0 Å². The second-order valence-corrected chi connectivity index (χ2v) is 9.56. The zero-order valence-corrected chi connectivity index (χ0v) is 20.9. The van der Waals surface area contributed by atoms with Gasteiger partial charge in [0.05, 0.1) is 12.6 Å². The number of piperidine rings is 1. The van der Waals surface area contributed by atoms with Gasteiger partial charge in [-0.05, 0) is 44.4 Å². The van der Waals surface area contributed by atoms with Gasteiger partial charge in [-0.15, -0.1) is 0 Å². The molecular weight excluding hydrogens is 456 g/mol. The number of fused-ring (bicyclic) bond motifs is 2. The number of carbonyl (C=O) groups is 3. The molecule has 0 radical (unpaired) electrons. The zero-order chi connectivity index (χ0) is 25.4. The van der Waals surface area contributed by atoms with E-state index in [1.165, 1.54) is 0 Å². The smallest absolute Gasteiger partial charge is 0.409 e. The van der Waals surface area contributed by atoms with Crippen molar-refractivity contribution in [3.8, 4) is 0 Å². The van der Waals surface area contributed by atoms with Crippen molar-refractivity contribution in [2.75, 3.05) is 19.7 Å². The Kier molecular flexibility index (Phi) is 6.43. The highest BCUT2D eigenvalue weighted by Gasteiger charge is 2.43. The molecule has 5 rings (SSSR count). The maximum atomic E-state index is 13.6. The summed E-state index contributed by atoms with van der Waals surface area (Å²) in [6.45, 7) is 4.99. The molecule has 0 aliphatic carbocycles. The number of aryl methyl sites for hydroxylation is 1. The number of ether oxygens (including phenoxy) is 1. The number of likely N-dealkylation sites (tertiary alicyclic amines) is 1. The van der Waals surface area contributed by atoms with E-state index in [1.54, 1.807) is 23.6 Å². The molecule has 3 heterocycles. The minimum Gasteiger partial charge on any atom is -0.450 e. The van der Waals surface area contributed by atoms with E-state index in [4.69, 9.17) is 4.74 Å². The second-order valence-electron chi connectivity index (χ2n) is 9.56. The first kappa shape index (κ1) is 23.9. The van der Waals surface area contributed by atoms with Crippen molar-refractivity contribution in [3.63, 3.8) is 0 Å². The van der Waals surface area contributed by atoms with E-state index < -0.39 is 6.04 Å². The summed E-state index contributed by atoms with van der Waals surface area (Å²) < 4.78 is 7.15. The molecule has 2 aromatic carbocycles. The summed E-state index contributed by atoms with van der Waals surface area (Å²) in [6, 6.07) is 14.7. The number of benzene rings is 2. The van der Waals surface area contributed by atoms with Crippen LogP contribution in [0.1, 0.15) is 54.2 Å². The minimum absolute atomic E-state index is 0.0540. The molecule has 188 valence electrons. The van der Waals surface area contributed by atoms with Gasteiger partial charge < -0.3 is 24.4 Å². The third-order valence-corrected chi connectivity index (χ3v) is 7.38. The lowest BCUT2D eigenvalue weighted by Gasteiger charge is -2.34. The van der Waals surface area contributed by atoms with Crippen LogP contribution in [0.15, 0.2) is 54.7 Å². The van der Waals surface area contributed by atoms with Gasteiger partial charge in [0, 0.05) is 54.4 Å². The van der Waals surface area contributed by atoms with Crippen LogP contribution in [0.4, 0.5) is 4.79 Å². The summed E-state index contributed by atoms with van der Waals surface area (Å²) in [7, 11) is 2.00. The second kappa shape index (κ2) is 9.68. The summed E-state index contributed by atoms with van der Waals surface area (Å²) >= 11 is 0. The molecule has 2 aliphatic rings. The average Bonchev–Trinajstić information content (AvgIpc) is 3.38. The summed E-state index contributed by atoms with van der Waals surface area (Å²) in [6.07, 6.45) is 3.05. The van der Waals surface area contributed by atoms with Crippen LogP contribution in [0, 0.1) is 0 Å². The molecule has 0 unspecified atom stereocenters. The van der Waals surface area contributed by atoms with Gasteiger partial charge in [-0.1, -0.05) is 36.4 Å². The van der Waals surface area contributed by atoms with E-state index in [0.29, 0.717) is 38.1 Å². The number of nitrogens with zero attached hydrogens (tertiary/aromatic N) is 3. The number of hydrogen-bond acceptors (Lipinski definition) is 4. The molecule has 0 bridgehead atoms. The van der Waals surface area contributed by atoms with Crippen molar-refractivity contribution in [2.45, 2.75) is 44.8 Å². The lowest BCUT2D eigenvalue weighted by Crippen LogP contribution is -2.52. The standard InChI is InChI=1S/C28H32N4O4/c1-4-36-28(35)31-15-13-19(14-16-31)29-26(33)18(2)32-25(21-10-5-6-11-22(21)27(32)34)23-17-30(3)24-12-8-7-9-20(23)24/h5-12,17-19,25H,4,13-16H2,1-3H3,(H,29,33)/t18-,25+/m0/s1. The van der Waals surface area contributed by atoms with Crippen molar-refractivity contribution >= 4 is 28.8 Å². The number of nitrogens with one attached hydrogen (secondary N) is 1. The molecule has 2 aliphatic heterocycles. The van der Waals surface area contributed by atoms with Gasteiger partial charge in [0.25, 0.3) is 5.91 Å². The first-order valence-corrected chi connectivity index (χ1v) is 12.6. The molecule has 1 saturated heterocycles. The number of aromatic nitrogens is 1. The highest BCUT2D eigenvalue weighted by molar-refractivity contribution is 6.03. The third-order valence-electron chi connectivity index (χ3n) is 7.38. The van der Waals surface area contributed by atoms with Crippen LogP contribution in [0.2, 0.25) is 0 Å². The van der Waals surface area contributed by atoms with E-state index >= 15 is 0 Å². The molecule has 2 atom stereocenters. The van der Waals surface area contributed by atoms with Gasteiger partial charge in [0.1, 0.15) is 6.04 Å². The van der Waals surface area contributed by atoms with E-state index in [9.17, 15) is 14.4 Å². The van der Waals surface area contributed by atoms with Gasteiger partial charge in [0.2, 0.25) is 5.91 Å². The molecule has 1 aromatic heterocycles. The SMILES string of the molecule is CCOC(=O)N1CCC(NC(=O)[C@H](C)N2C(=O)c3ccccc3[C@@H]2c2cn(C)c3ccccc23)CC1. The molecule has 0 spiro atoms. The van der Waals surface area contributed by atoms with Crippen LogP contribution < -0.4 is 5.32 Å². The lowest BCUT2D eigenvalue weighted by molar-refractivity contribution is -0.126. The van der Waals surface area contributed by atoms with Gasteiger partial charge in [-0.3, -0.25) is 9.59 Å². The number of hydrogen-bond donors (Lipinski definition) is 1. The van der Waals surface area contributed by atoms with Crippen LogP contribution in [0.3, 0.4) is 0 Å². The van der Waals surface area contributed by atoms with Crippen molar-refractivity contribution in [3.05, 3.63) is 71.4 Å². The van der Waals surface area contributed by atoms with Crippen molar-refractivity contribution in [1.82, 2.24) is 19.7 Å². The predicted octanol–water partition coefficient (Wildman–Crippen LogP) is 3.85. The lowest BCUT2D eigenvalue weighted by atomic mass is 9.97. The van der Waals surface area contributed by atoms with Crippen molar-refractivity contribution in [2.24, 2.45) is 7.05 Å². The third kappa shape index (κ3) is 4.10. The molecule has 1 fully saturated rings. The largest absolute Gasteiger partial charge is 0.450 e. The molecule has 1 N–H and O–H groups in total. The Morgan fingerprint density at radius 3 is 2.50 bits per heavy atom. The fourth-order valence-electron chi connectivity index (χ4n) is 5.51. The molecule has 3 aromatic rings. The molecule has 8 heteroatoms. The molecule has 0 saturated carbocycles. The van der Waals surface area contributed by atoms with Gasteiger partial charge in [-0.25, -0.2) is 4.79 Å². The monoisotopic (exact) mass is 488 g/mol. The average molecular weight is 489 g/mol. The number of rotatable bonds is 5. The van der Waals surface area contributed by atoms with Crippen molar-refractivity contribution in [1.29, 1.82) is 0 Å². The van der Waals surface area contributed by atoms with Crippen molar-refractivity contribution < 1.29 is 19.1 Å². The van der Waals surface area contributed by atoms with Gasteiger partial charge >= 0.3 is 6.09 Å². The summed E-state index contributed by atoms with van der Waals surface area (Å²) in [5.74, 6) is -0.320. The Balaban J connectivity index is 1.39. The first-order chi connectivity index (χ1) is 17.4. The highest BCUT2D eigenvalue weighted by atomic mass is 16.6. The van der Waals surface area contributed by atoms with Crippen LogP contribution in [-0.4, -0.2) is 64.1 Å². The van der Waals surface area contributed by atoms with Crippen LogP contribution >= 0.6 is 0 Å². The van der Waals surface area contributed by atoms with E-state index in [1.807, 2.05) is 43.4 Å². The highest BCUT2D eigenvalue weighted by Crippen LogP contribution is 2.42. The predicted molar refractivity (Wildman–Crippen MR) is 137 cm³/mol. The fraction of sp³-hybridized carbons (Fsp3) is 0.393. The first-order valence-electron chi connectivity index (χ1n) is 12.6. The summed E-state index contributed by atoms with van der Waals surface area (Å²) in [5.41, 5.74) is 3.64. The number of amides is 3. The quantitative estimate of drug-likeness (QED) is 0.591. The Hall–Kier alpha value is -3.81. The molecule has 8 nitrogen and oxygen atoms in total. The normalized spacial score (nSPS) is 18.9. The number of para-hydroxylation sites is 1. The van der Waals surface area contributed by atoms with Gasteiger partial charge in [-0.2, -0.15) is 0 Å². The Morgan fingerprint density at radius 2 is 1.75 bits per heavy atom. The number of carbonyl (C=O) groups excluding carboxylic acids is 3. The minimum atomic E-state index is -0.669. The summed E-state index contributed by atoms with van der Waals surface area (Å²) in [5, 5.41) is 4.20. The Morgan fingerprint density at radius 1 is 1.06 bits per heavy atom.